The Morgan fingerprint density at radius 3 is 2.61 bits per heavy atom. The van der Waals surface area contributed by atoms with Crippen LogP contribution in [-0.2, 0) is 9.53 Å². The number of fused-ring (bicyclic) bond motifs is 1. The van der Waals surface area contributed by atoms with E-state index in [2.05, 4.69) is 11.1 Å². The van der Waals surface area contributed by atoms with Crippen LogP contribution in [0.4, 0.5) is 5.82 Å². The van der Waals surface area contributed by atoms with Gasteiger partial charge in [-0.1, -0.05) is 13.0 Å². The van der Waals surface area contributed by atoms with Gasteiger partial charge < -0.3 is 19.9 Å². The molecule has 1 atom stereocenters. The minimum absolute atomic E-state index is 0.0492. The van der Waals surface area contributed by atoms with Gasteiger partial charge in [-0.05, 0) is 31.0 Å². The highest BCUT2D eigenvalue weighted by Gasteiger charge is 2.30. The van der Waals surface area contributed by atoms with Crippen LogP contribution >= 0.6 is 0 Å². The first-order valence-electron chi connectivity index (χ1n) is 8.75. The number of hydrogen-bond acceptors (Lipinski definition) is 8. The fraction of sp³-hybridized carbons (Fsp3) is 0.300. The molecule has 0 spiro atoms. The van der Waals surface area contributed by atoms with Crippen LogP contribution < -0.4 is 15.2 Å². The minimum Gasteiger partial charge on any atom is -0.465 e. The second kappa shape index (κ2) is 7.85. The lowest BCUT2D eigenvalue weighted by molar-refractivity contribution is -0.145. The molecule has 0 fully saturated rings. The molecule has 2 N–H and O–H groups in total. The Morgan fingerprint density at radius 1 is 1.25 bits per heavy atom. The fourth-order valence-electron chi connectivity index (χ4n) is 3.16. The summed E-state index contributed by atoms with van der Waals surface area (Å²) in [5.74, 6) is -0.236. The van der Waals surface area contributed by atoms with Gasteiger partial charge in [-0.15, -0.1) is 0 Å². The number of nitriles is 2. The molecule has 0 saturated heterocycles. The molecule has 28 heavy (non-hydrogen) atoms. The summed E-state index contributed by atoms with van der Waals surface area (Å²) in [7, 11) is 0. The van der Waals surface area contributed by atoms with E-state index in [4.69, 9.17) is 19.9 Å². The van der Waals surface area contributed by atoms with Crippen molar-refractivity contribution >= 4 is 11.8 Å². The number of rotatable bonds is 5. The number of carbonyl (C=O) groups excluding carboxylic acids is 1. The summed E-state index contributed by atoms with van der Waals surface area (Å²) < 4.78 is 15.8. The SMILES string of the molecule is CCOC(=O)C(CC)c1nc(N)c(C#N)c(-c2ccc3c(c2)OCO3)c1C#N. The van der Waals surface area contributed by atoms with Gasteiger partial charge in [-0.3, -0.25) is 4.79 Å². The number of pyridine rings is 1. The van der Waals surface area contributed by atoms with Crippen LogP contribution in [0, 0.1) is 22.7 Å². The maximum absolute atomic E-state index is 12.4. The normalized spacial score (nSPS) is 12.7. The summed E-state index contributed by atoms with van der Waals surface area (Å²) in [6.45, 7) is 3.80. The van der Waals surface area contributed by atoms with Crippen molar-refractivity contribution in [1.82, 2.24) is 4.98 Å². The molecular formula is C20H18N4O4. The molecule has 0 aliphatic carbocycles. The number of carbonyl (C=O) groups is 1. The van der Waals surface area contributed by atoms with Crippen LogP contribution in [0.1, 0.15) is 43.0 Å². The highest BCUT2D eigenvalue weighted by atomic mass is 16.7. The maximum Gasteiger partial charge on any atom is 0.315 e. The number of anilines is 1. The maximum atomic E-state index is 12.4. The van der Waals surface area contributed by atoms with E-state index in [1.165, 1.54) is 0 Å². The van der Waals surface area contributed by atoms with Crippen molar-refractivity contribution in [1.29, 1.82) is 10.5 Å². The van der Waals surface area contributed by atoms with Crippen molar-refractivity contribution in [2.24, 2.45) is 0 Å². The lowest BCUT2D eigenvalue weighted by atomic mass is 9.89. The number of esters is 1. The van der Waals surface area contributed by atoms with Crippen molar-refractivity contribution in [3.8, 4) is 34.8 Å². The van der Waals surface area contributed by atoms with Gasteiger partial charge in [0.25, 0.3) is 0 Å². The smallest absolute Gasteiger partial charge is 0.315 e. The molecule has 2 heterocycles. The van der Waals surface area contributed by atoms with Gasteiger partial charge >= 0.3 is 5.97 Å². The average Bonchev–Trinajstić information content (AvgIpc) is 3.16. The number of nitrogen functional groups attached to an aromatic ring is 1. The first-order valence-corrected chi connectivity index (χ1v) is 8.75. The molecule has 8 nitrogen and oxygen atoms in total. The molecule has 1 unspecified atom stereocenters. The highest BCUT2D eigenvalue weighted by Crippen LogP contribution is 2.40. The second-order valence-electron chi connectivity index (χ2n) is 6.01. The molecule has 0 amide bonds. The lowest BCUT2D eigenvalue weighted by Crippen LogP contribution is -2.19. The van der Waals surface area contributed by atoms with E-state index < -0.39 is 11.9 Å². The quantitative estimate of drug-likeness (QED) is 0.786. The molecule has 1 aromatic carbocycles. The van der Waals surface area contributed by atoms with Gasteiger partial charge in [0.2, 0.25) is 6.79 Å². The van der Waals surface area contributed by atoms with Crippen LogP contribution in [0.2, 0.25) is 0 Å². The molecule has 1 aromatic heterocycles. The Balaban J connectivity index is 2.27. The van der Waals surface area contributed by atoms with Crippen molar-refractivity contribution in [2.75, 3.05) is 19.1 Å². The number of hydrogen-bond donors (Lipinski definition) is 1. The molecule has 142 valence electrons. The molecule has 8 heteroatoms. The second-order valence-corrected chi connectivity index (χ2v) is 6.01. The predicted molar refractivity (Wildman–Crippen MR) is 99.3 cm³/mol. The standard InChI is InChI=1S/C20H18N4O4/c1-3-12(20(25)26-4-2)18-13(8-21)17(14(9-22)19(23)24-18)11-5-6-15-16(7-11)28-10-27-15/h5-7,12H,3-4,10H2,1-2H3,(H2,23,24). The van der Waals surface area contributed by atoms with E-state index in [-0.39, 0.29) is 36.0 Å². The molecular weight excluding hydrogens is 360 g/mol. The van der Waals surface area contributed by atoms with Crippen LogP contribution in [0.25, 0.3) is 11.1 Å². The van der Waals surface area contributed by atoms with E-state index in [9.17, 15) is 15.3 Å². The largest absolute Gasteiger partial charge is 0.465 e. The van der Waals surface area contributed by atoms with Crippen LogP contribution in [-0.4, -0.2) is 24.4 Å². The number of aromatic nitrogens is 1. The third-order valence-corrected chi connectivity index (χ3v) is 4.45. The molecule has 0 bridgehead atoms. The van der Waals surface area contributed by atoms with Crippen LogP contribution in [0.15, 0.2) is 18.2 Å². The predicted octanol–water partition coefficient (Wildman–Crippen LogP) is 2.86. The molecule has 3 rings (SSSR count). The van der Waals surface area contributed by atoms with Gasteiger partial charge in [0.15, 0.2) is 11.5 Å². The van der Waals surface area contributed by atoms with Gasteiger partial charge in [-0.2, -0.15) is 10.5 Å². The zero-order valence-corrected chi connectivity index (χ0v) is 15.5. The van der Waals surface area contributed by atoms with Crippen molar-refractivity contribution in [3.63, 3.8) is 0 Å². The molecule has 2 aromatic rings. The van der Waals surface area contributed by atoms with E-state index >= 15 is 0 Å². The third-order valence-electron chi connectivity index (χ3n) is 4.45. The molecule has 1 aliphatic heterocycles. The first-order chi connectivity index (χ1) is 13.5. The third kappa shape index (κ3) is 3.17. The minimum atomic E-state index is -0.766. The summed E-state index contributed by atoms with van der Waals surface area (Å²) in [6, 6.07) is 9.19. The van der Waals surface area contributed by atoms with Gasteiger partial charge in [0, 0.05) is 5.56 Å². The number of ether oxygens (including phenoxy) is 3. The van der Waals surface area contributed by atoms with Crippen LogP contribution in [0.3, 0.4) is 0 Å². The average molecular weight is 378 g/mol. The van der Waals surface area contributed by atoms with Gasteiger partial charge in [-0.25, -0.2) is 4.98 Å². The fourth-order valence-corrected chi connectivity index (χ4v) is 3.16. The summed E-state index contributed by atoms with van der Waals surface area (Å²) in [4.78, 5) is 16.6. The van der Waals surface area contributed by atoms with Crippen molar-refractivity contribution in [3.05, 3.63) is 35.0 Å². The van der Waals surface area contributed by atoms with E-state index in [1.807, 2.05) is 6.07 Å². The Labute approximate surface area is 162 Å². The zero-order chi connectivity index (χ0) is 20.3. The summed E-state index contributed by atoms with van der Waals surface area (Å²) in [6.07, 6.45) is 0.367. The Morgan fingerprint density at radius 2 is 1.96 bits per heavy atom. The molecule has 0 saturated carbocycles. The van der Waals surface area contributed by atoms with Gasteiger partial charge in [0.05, 0.1) is 17.9 Å². The van der Waals surface area contributed by atoms with Crippen molar-refractivity contribution in [2.45, 2.75) is 26.2 Å². The molecule has 0 radical (unpaired) electrons. The van der Waals surface area contributed by atoms with E-state index in [0.29, 0.717) is 29.0 Å². The van der Waals surface area contributed by atoms with Crippen LogP contribution in [0.5, 0.6) is 11.5 Å². The Bertz CT molecular complexity index is 1020. The highest BCUT2D eigenvalue weighted by molar-refractivity contribution is 5.86. The molecule has 1 aliphatic rings. The number of nitrogens with zero attached hydrogens (tertiary/aromatic N) is 3. The number of benzene rings is 1. The Hall–Kier alpha value is -3.78. The van der Waals surface area contributed by atoms with E-state index in [0.717, 1.165) is 0 Å². The zero-order valence-electron chi connectivity index (χ0n) is 15.5. The van der Waals surface area contributed by atoms with E-state index in [1.54, 1.807) is 32.0 Å². The monoisotopic (exact) mass is 378 g/mol. The summed E-state index contributed by atoms with van der Waals surface area (Å²) >= 11 is 0. The number of nitrogens with two attached hydrogens (primary N) is 1. The Kier molecular flexibility index (Phi) is 5.32. The summed E-state index contributed by atoms with van der Waals surface area (Å²) in [5.41, 5.74) is 7.27. The topological polar surface area (TPSA) is 131 Å². The van der Waals surface area contributed by atoms with Gasteiger partial charge in [0.1, 0.15) is 29.4 Å². The lowest BCUT2D eigenvalue weighted by Gasteiger charge is -2.18. The first kappa shape index (κ1) is 19.0. The summed E-state index contributed by atoms with van der Waals surface area (Å²) in [5, 5.41) is 19.5. The van der Waals surface area contributed by atoms with Crippen molar-refractivity contribution < 1.29 is 19.0 Å².